The van der Waals surface area contributed by atoms with Gasteiger partial charge in [0.25, 0.3) is 0 Å². The molecular formula is C27H26ClF3N2O3. The van der Waals surface area contributed by atoms with E-state index in [1.807, 2.05) is 48.5 Å². The molecule has 0 bridgehead atoms. The van der Waals surface area contributed by atoms with E-state index in [0.717, 1.165) is 40.8 Å². The van der Waals surface area contributed by atoms with Crippen LogP contribution in [0.2, 0.25) is 5.02 Å². The summed E-state index contributed by atoms with van der Waals surface area (Å²) in [6, 6.07) is 24.9. The molecule has 0 aliphatic heterocycles. The minimum atomic E-state index is -5.08. The molecule has 1 saturated carbocycles. The Morgan fingerprint density at radius 3 is 1.86 bits per heavy atom. The Bertz CT molecular complexity index is 1140. The van der Waals surface area contributed by atoms with Crippen molar-refractivity contribution in [2.24, 2.45) is 0 Å². The second-order valence-electron chi connectivity index (χ2n) is 8.41. The Morgan fingerprint density at radius 1 is 0.861 bits per heavy atom. The lowest BCUT2D eigenvalue weighted by Gasteiger charge is -2.08. The average molecular weight is 519 g/mol. The van der Waals surface area contributed by atoms with Gasteiger partial charge in [0.05, 0.1) is 0 Å². The number of rotatable bonds is 8. The van der Waals surface area contributed by atoms with Crippen LogP contribution < -0.4 is 10.6 Å². The predicted molar refractivity (Wildman–Crippen MR) is 134 cm³/mol. The Labute approximate surface area is 212 Å². The summed E-state index contributed by atoms with van der Waals surface area (Å²) in [6.45, 7) is 0.928. The fourth-order valence-electron chi connectivity index (χ4n) is 3.24. The normalized spacial score (nSPS) is 12.9. The van der Waals surface area contributed by atoms with Crippen LogP contribution in [-0.2, 0) is 22.6 Å². The molecule has 9 heteroatoms. The zero-order valence-electron chi connectivity index (χ0n) is 19.3. The van der Waals surface area contributed by atoms with E-state index in [4.69, 9.17) is 21.5 Å². The number of carbonyl (C=O) groups excluding carboxylic acids is 1. The molecule has 0 unspecified atom stereocenters. The van der Waals surface area contributed by atoms with E-state index < -0.39 is 12.1 Å². The lowest BCUT2D eigenvalue weighted by atomic mass is 10.1. The van der Waals surface area contributed by atoms with Crippen LogP contribution in [0.1, 0.15) is 30.4 Å². The number of carboxylic acids is 1. The number of carbonyl (C=O) groups is 2. The van der Waals surface area contributed by atoms with Crippen LogP contribution >= 0.6 is 11.6 Å². The van der Waals surface area contributed by atoms with Crippen molar-refractivity contribution in [2.45, 2.75) is 44.4 Å². The van der Waals surface area contributed by atoms with E-state index in [9.17, 15) is 18.0 Å². The van der Waals surface area contributed by atoms with E-state index in [1.165, 1.54) is 24.0 Å². The van der Waals surface area contributed by atoms with Gasteiger partial charge in [-0.25, -0.2) is 4.79 Å². The minimum Gasteiger partial charge on any atom is -0.475 e. The standard InChI is InChI=1S/C25H25ClN2O.C2HF3O2/c26-22-10-6-20(7-11-22)21-8-12-24(13-9-21)28-25(29)16-5-18-1-3-19(4-2-18)17-27-23-14-15-23;3-2(4,5)1(6)7/h1-4,6-13,23,27H,5,14-17H2,(H,28,29);(H,6,7). The number of alkyl halides is 3. The third kappa shape index (κ3) is 9.36. The highest BCUT2D eigenvalue weighted by Crippen LogP contribution is 2.23. The second kappa shape index (κ2) is 12.6. The molecule has 3 aromatic rings. The molecule has 0 spiro atoms. The Balaban J connectivity index is 0.000000454. The van der Waals surface area contributed by atoms with Gasteiger partial charge in [0.15, 0.2) is 0 Å². The molecule has 1 amide bonds. The zero-order valence-corrected chi connectivity index (χ0v) is 20.1. The molecule has 1 aliphatic carbocycles. The number of aryl methyl sites for hydroxylation is 1. The first-order chi connectivity index (χ1) is 17.1. The van der Waals surface area contributed by atoms with E-state index >= 15 is 0 Å². The van der Waals surface area contributed by atoms with Crippen molar-refractivity contribution in [3.05, 3.63) is 88.9 Å². The monoisotopic (exact) mass is 518 g/mol. The fourth-order valence-corrected chi connectivity index (χ4v) is 3.37. The molecular weight excluding hydrogens is 493 g/mol. The lowest BCUT2D eigenvalue weighted by Crippen LogP contribution is -2.21. The number of benzene rings is 3. The summed E-state index contributed by atoms with van der Waals surface area (Å²) in [5.74, 6) is -2.73. The van der Waals surface area contributed by atoms with Crippen molar-refractivity contribution in [1.82, 2.24) is 5.32 Å². The minimum absolute atomic E-state index is 0.0312. The summed E-state index contributed by atoms with van der Waals surface area (Å²) in [6.07, 6.45) is -1.27. The third-order valence-corrected chi connectivity index (χ3v) is 5.68. The van der Waals surface area contributed by atoms with Gasteiger partial charge >= 0.3 is 12.1 Å². The van der Waals surface area contributed by atoms with E-state index in [1.54, 1.807) is 0 Å². The highest BCUT2D eigenvalue weighted by Gasteiger charge is 2.38. The van der Waals surface area contributed by atoms with E-state index in [-0.39, 0.29) is 5.91 Å². The highest BCUT2D eigenvalue weighted by atomic mass is 35.5. The molecule has 0 radical (unpaired) electrons. The SMILES string of the molecule is O=C(CCc1ccc(CNC2CC2)cc1)Nc1ccc(-c2ccc(Cl)cc2)cc1.O=C(O)C(F)(F)F. The lowest BCUT2D eigenvalue weighted by molar-refractivity contribution is -0.192. The summed E-state index contributed by atoms with van der Waals surface area (Å²) in [5, 5.41) is 14.3. The number of anilines is 1. The Morgan fingerprint density at radius 2 is 1.36 bits per heavy atom. The van der Waals surface area contributed by atoms with Crippen molar-refractivity contribution in [3.8, 4) is 11.1 Å². The third-order valence-electron chi connectivity index (χ3n) is 5.42. The molecule has 4 rings (SSSR count). The number of hydrogen-bond acceptors (Lipinski definition) is 3. The quantitative estimate of drug-likeness (QED) is 0.319. The summed E-state index contributed by atoms with van der Waals surface area (Å²) < 4.78 is 31.7. The van der Waals surface area contributed by atoms with Crippen molar-refractivity contribution in [1.29, 1.82) is 0 Å². The first kappa shape index (κ1) is 27.2. The maximum Gasteiger partial charge on any atom is 0.490 e. The van der Waals surface area contributed by atoms with Crippen LogP contribution in [0, 0.1) is 0 Å². The van der Waals surface area contributed by atoms with Gasteiger partial charge in [0.2, 0.25) is 5.91 Å². The molecule has 0 saturated heterocycles. The van der Waals surface area contributed by atoms with Crippen LogP contribution in [0.4, 0.5) is 18.9 Å². The zero-order chi connectivity index (χ0) is 26.1. The maximum atomic E-state index is 12.3. The van der Waals surface area contributed by atoms with Crippen molar-refractivity contribution in [3.63, 3.8) is 0 Å². The highest BCUT2D eigenvalue weighted by molar-refractivity contribution is 6.30. The number of halogens is 4. The van der Waals surface area contributed by atoms with Gasteiger partial charge in [-0.1, -0.05) is 60.1 Å². The molecule has 36 heavy (non-hydrogen) atoms. The molecule has 0 atom stereocenters. The van der Waals surface area contributed by atoms with Crippen LogP contribution in [-0.4, -0.2) is 29.2 Å². The molecule has 1 fully saturated rings. The van der Waals surface area contributed by atoms with Gasteiger partial charge in [0.1, 0.15) is 0 Å². The van der Waals surface area contributed by atoms with Crippen molar-refractivity contribution >= 4 is 29.2 Å². The molecule has 3 aromatic carbocycles. The molecule has 3 N–H and O–H groups in total. The molecule has 5 nitrogen and oxygen atoms in total. The Hall–Kier alpha value is -3.36. The molecule has 190 valence electrons. The first-order valence-corrected chi connectivity index (χ1v) is 11.7. The second-order valence-corrected chi connectivity index (χ2v) is 8.84. The maximum absolute atomic E-state index is 12.3. The number of amides is 1. The summed E-state index contributed by atoms with van der Waals surface area (Å²) in [7, 11) is 0. The van der Waals surface area contributed by atoms with E-state index in [2.05, 4.69) is 34.9 Å². The van der Waals surface area contributed by atoms with Crippen molar-refractivity contribution in [2.75, 3.05) is 5.32 Å². The van der Waals surface area contributed by atoms with Crippen LogP contribution in [0.25, 0.3) is 11.1 Å². The fraction of sp³-hybridized carbons (Fsp3) is 0.259. The molecule has 1 aliphatic rings. The van der Waals surface area contributed by atoms with Gasteiger partial charge < -0.3 is 15.7 Å². The number of carboxylic acid groups (broad SMARTS) is 1. The topological polar surface area (TPSA) is 78.4 Å². The molecule has 0 aromatic heterocycles. The van der Waals surface area contributed by atoms with E-state index in [0.29, 0.717) is 6.42 Å². The Kier molecular flexibility index (Phi) is 9.50. The summed E-state index contributed by atoms with van der Waals surface area (Å²) >= 11 is 5.94. The number of nitrogens with one attached hydrogen (secondary N) is 2. The van der Waals surface area contributed by atoms with Crippen molar-refractivity contribution < 1.29 is 27.9 Å². The summed E-state index contributed by atoms with van der Waals surface area (Å²) in [4.78, 5) is 21.2. The smallest absolute Gasteiger partial charge is 0.475 e. The van der Waals surface area contributed by atoms with Crippen LogP contribution in [0.5, 0.6) is 0 Å². The first-order valence-electron chi connectivity index (χ1n) is 11.4. The summed E-state index contributed by atoms with van der Waals surface area (Å²) in [5.41, 5.74) is 5.49. The van der Waals surface area contributed by atoms with Gasteiger partial charge in [0, 0.05) is 29.7 Å². The van der Waals surface area contributed by atoms with Gasteiger partial charge in [-0.05, 0) is 65.8 Å². The largest absolute Gasteiger partial charge is 0.490 e. The van der Waals surface area contributed by atoms with Gasteiger partial charge in [-0.3, -0.25) is 4.79 Å². The average Bonchev–Trinajstić information content (AvgIpc) is 3.68. The number of aliphatic carboxylic acids is 1. The predicted octanol–water partition coefficient (Wildman–Crippen LogP) is 6.46. The van der Waals surface area contributed by atoms with Crippen LogP contribution in [0.15, 0.2) is 72.8 Å². The molecule has 0 heterocycles. The van der Waals surface area contributed by atoms with Gasteiger partial charge in [-0.2, -0.15) is 13.2 Å². The number of hydrogen-bond donors (Lipinski definition) is 3. The van der Waals surface area contributed by atoms with Crippen LogP contribution in [0.3, 0.4) is 0 Å². The van der Waals surface area contributed by atoms with Gasteiger partial charge in [-0.15, -0.1) is 0 Å².